The van der Waals surface area contributed by atoms with Crippen LogP contribution in [0.2, 0.25) is 0 Å². The third-order valence-electron chi connectivity index (χ3n) is 2.67. The minimum atomic E-state index is -0.778. The van der Waals surface area contributed by atoms with E-state index in [1.54, 1.807) is 0 Å². The average Bonchev–Trinajstić information content (AvgIpc) is 2.28. The number of aliphatic hydroxyl groups is 1. The molecular weight excluding hydrogens is 198 g/mol. The lowest BCUT2D eigenvalue weighted by Gasteiger charge is -2.31. The summed E-state index contributed by atoms with van der Waals surface area (Å²) in [5.41, 5.74) is 1.83. The van der Waals surface area contributed by atoms with Crippen molar-refractivity contribution in [2.24, 2.45) is 11.8 Å². The van der Waals surface area contributed by atoms with Crippen LogP contribution in [0.3, 0.4) is 0 Å². The molecule has 0 aromatic rings. The molecule has 4 N–H and O–H groups in total. The second-order valence-corrected chi connectivity index (χ2v) is 3.75. The molecule has 1 aliphatic heterocycles. The van der Waals surface area contributed by atoms with Crippen molar-refractivity contribution in [3.05, 3.63) is 0 Å². The van der Waals surface area contributed by atoms with Gasteiger partial charge in [-0.2, -0.15) is 0 Å². The largest absolute Gasteiger partial charge is 0.396 e. The normalized spacial score (nSPS) is 21.2. The third kappa shape index (κ3) is 3.17. The first-order valence-electron chi connectivity index (χ1n) is 5.09. The van der Waals surface area contributed by atoms with Crippen molar-refractivity contribution in [2.75, 3.05) is 19.7 Å². The van der Waals surface area contributed by atoms with Crippen LogP contribution in [0.1, 0.15) is 19.3 Å². The van der Waals surface area contributed by atoms with E-state index in [0.29, 0.717) is 25.4 Å². The molecule has 2 amide bonds. The second-order valence-electron chi connectivity index (χ2n) is 3.75. The summed E-state index contributed by atoms with van der Waals surface area (Å²) in [4.78, 5) is 23.9. The van der Waals surface area contributed by atoms with E-state index in [2.05, 4.69) is 0 Å². The second kappa shape index (κ2) is 5.67. The molecule has 6 nitrogen and oxygen atoms in total. The number of hydrogen-bond donors (Lipinski definition) is 3. The lowest BCUT2D eigenvalue weighted by atomic mass is 9.95. The van der Waals surface area contributed by atoms with Gasteiger partial charge in [-0.1, -0.05) is 0 Å². The molecule has 1 atom stereocenters. The Hall–Kier alpha value is -1.14. The predicted molar refractivity (Wildman–Crippen MR) is 53.3 cm³/mol. The molecule has 0 saturated carbocycles. The minimum absolute atomic E-state index is 0.121. The van der Waals surface area contributed by atoms with E-state index in [4.69, 9.17) is 10.9 Å². The van der Waals surface area contributed by atoms with Crippen LogP contribution in [-0.4, -0.2) is 41.5 Å². The number of hydrogen-bond acceptors (Lipinski definition) is 4. The molecule has 0 aliphatic carbocycles. The molecular formula is C9H17N3O3. The van der Waals surface area contributed by atoms with Crippen LogP contribution < -0.4 is 11.3 Å². The minimum Gasteiger partial charge on any atom is -0.396 e. The maximum absolute atomic E-state index is 11.5. The smallest absolute Gasteiger partial charge is 0.323 e. The van der Waals surface area contributed by atoms with E-state index in [0.717, 1.165) is 12.8 Å². The molecule has 86 valence electrons. The standard InChI is InChI=1S/C9H17N3O3/c10-11-8(14)9(15)12-4-1-2-7(6-12)3-5-13/h7,13H,1-6,10H2,(H,11,14). The number of amides is 2. The first-order valence-corrected chi connectivity index (χ1v) is 5.09. The molecule has 1 saturated heterocycles. The van der Waals surface area contributed by atoms with Gasteiger partial charge < -0.3 is 10.0 Å². The van der Waals surface area contributed by atoms with Crippen LogP contribution in [0, 0.1) is 5.92 Å². The number of nitrogens with zero attached hydrogens (tertiary/aromatic N) is 1. The Kier molecular flexibility index (Phi) is 4.51. The fourth-order valence-electron chi connectivity index (χ4n) is 1.87. The molecule has 1 unspecified atom stereocenters. The number of nitrogens with two attached hydrogens (primary N) is 1. The van der Waals surface area contributed by atoms with Crippen molar-refractivity contribution in [3.8, 4) is 0 Å². The Labute approximate surface area is 88.4 Å². The summed E-state index contributed by atoms with van der Waals surface area (Å²) in [6, 6.07) is 0. The molecule has 1 fully saturated rings. The summed E-state index contributed by atoms with van der Waals surface area (Å²) in [7, 11) is 0. The van der Waals surface area contributed by atoms with E-state index in [-0.39, 0.29) is 6.61 Å². The lowest BCUT2D eigenvalue weighted by molar-refractivity contribution is -0.147. The molecule has 0 spiro atoms. The van der Waals surface area contributed by atoms with Gasteiger partial charge in [-0.15, -0.1) is 0 Å². The number of piperidine rings is 1. The fraction of sp³-hybridized carbons (Fsp3) is 0.778. The highest BCUT2D eigenvalue weighted by Crippen LogP contribution is 2.19. The van der Waals surface area contributed by atoms with Crippen molar-refractivity contribution in [1.29, 1.82) is 0 Å². The Morgan fingerprint density at radius 1 is 1.53 bits per heavy atom. The number of carbonyl (C=O) groups is 2. The Balaban J connectivity index is 2.48. The number of likely N-dealkylation sites (tertiary alicyclic amines) is 1. The Bertz CT molecular complexity index is 243. The van der Waals surface area contributed by atoms with Crippen LogP contribution in [0.5, 0.6) is 0 Å². The summed E-state index contributed by atoms with van der Waals surface area (Å²) >= 11 is 0. The first kappa shape index (κ1) is 11.9. The molecule has 15 heavy (non-hydrogen) atoms. The number of aliphatic hydroxyl groups excluding tert-OH is 1. The van der Waals surface area contributed by atoms with Crippen LogP contribution in [0.25, 0.3) is 0 Å². The van der Waals surface area contributed by atoms with E-state index >= 15 is 0 Å². The molecule has 1 rings (SSSR count). The topological polar surface area (TPSA) is 95.7 Å². The summed E-state index contributed by atoms with van der Waals surface area (Å²) < 4.78 is 0. The van der Waals surface area contributed by atoms with Crippen molar-refractivity contribution in [1.82, 2.24) is 10.3 Å². The number of hydrazine groups is 1. The number of carbonyl (C=O) groups excluding carboxylic acids is 2. The monoisotopic (exact) mass is 215 g/mol. The maximum atomic E-state index is 11.5. The van der Waals surface area contributed by atoms with Gasteiger partial charge in [0.25, 0.3) is 0 Å². The van der Waals surface area contributed by atoms with Gasteiger partial charge in [0, 0.05) is 19.7 Å². The molecule has 0 aromatic heterocycles. The molecule has 0 aromatic carbocycles. The maximum Gasteiger partial charge on any atom is 0.323 e. The highest BCUT2D eigenvalue weighted by molar-refractivity contribution is 6.34. The molecule has 0 bridgehead atoms. The third-order valence-corrected chi connectivity index (χ3v) is 2.67. The highest BCUT2D eigenvalue weighted by Gasteiger charge is 2.26. The number of rotatable bonds is 2. The van der Waals surface area contributed by atoms with Gasteiger partial charge in [0.1, 0.15) is 0 Å². The molecule has 0 radical (unpaired) electrons. The SMILES string of the molecule is NNC(=O)C(=O)N1CCCC(CCO)C1. The zero-order valence-electron chi connectivity index (χ0n) is 8.61. The lowest BCUT2D eigenvalue weighted by Crippen LogP contribution is -2.49. The van der Waals surface area contributed by atoms with Crippen LogP contribution in [0.15, 0.2) is 0 Å². The first-order chi connectivity index (χ1) is 7.19. The van der Waals surface area contributed by atoms with Crippen LogP contribution >= 0.6 is 0 Å². The van der Waals surface area contributed by atoms with Gasteiger partial charge in [-0.05, 0) is 25.2 Å². The van der Waals surface area contributed by atoms with Gasteiger partial charge in [-0.3, -0.25) is 15.0 Å². The zero-order valence-corrected chi connectivity index (χ0v) is 8.61. The van der Waals surface area contributed by atoms with Crippen molar-refractivity contribution in [3.63, 3.8) is 0 Å². The summed E-state index contributed by atoms with van der Waals surface area (Å²) in [5, 5.41) is 8.80. The van der Waals surface area contributed by atoms with Gasteiger partial charge in [0.05, 0.1) is 0 Å². The molecule has 1 aliphatic rings. The number of nitrogens with one attached hydrogen (secondary N) is 1. The van der Waals surface area contributed by atoms with Crippen LogP contribution in [-0.2, 0) is 9.59 Å². The fourth-order valence-corrected chi connectivity index (χ4v) is 1.87. The molecule has 1 heterocycles. The van der Waals surface area contributed by atoms with Crippen molar-refractivity contribution < 1.29 is 14.7 Å². The predicted octanol–water partition coefficient (Wildman–Crippen LogP) is -1.40. The van der Waals surface area contributed by atoms with Gasteiger partial charge in [0.2, 0.25) is 0 Å². The Morgan fingerprint density at radius 2 is 2.27 bits per heavy atom. The van der Waals surface area contributed by atoms with E-state index in [1.807, 2.05) is 5.43 Å². The average molecular weight is 215 g/mol. The van der Waals surface area contributed by atoms with Crippen molar-refractivity contribution >= 4 is 11.8 Å². The Morgan fingerprint density at radius 3 is 2.87 bits per heavy atom. The zero-order chi connectivity index (χ0) is 11.3. The summed E-state index contributed by atoms with van der Waals surface area (Å²) in [5.74, 6) is 3.81. The van der Waals surface area contributed by atoms with Gasteiger partial charge >= 0.3 is 11.8 Å². The quantitative estimate of drug-likeness (QED) is 0.228. The van der Waals surface area contributed by atoms with E-state index in [1.165, 1.54) is 4.90 Å². The van der Waals surface area contributed by atoms with Gasteiger partial charge in [-0.25, -0.2) is 5.84 Å². The van der Waals surface area contributed by atoms with E-state index < -0.39 is 11.8 Å². The van der Waals surface area contributed by atoms with Gasteiger partial charge in [0.15, 0.2) is 0 Å². The molecule has 6 heteroatoms. The van der Waals surface area contributed by atoms with Crippen LogP contribution in [0.4, 0.5) is 0 Å². The summed E-state index contributed by atoms with van der Waals surface area (Å²) in [6.45, 7) is 1.25. The summed E-state index contributed by atoms with van der Waals surface area (Å²) in [6.07, 6.45) is 2.54. The van der Waals surface area contributed by atoms with Crippen molar-refractivity contribution in [2.45, 2.75) is 19.3 Å². The highest BCUT2D eigenvalue weighted by atomic mass is 16.3. The van der Waals surface area contributed by atoms with E-state index in [9.17, 15) is 9.59 Å².